The van der Waals surface area contributed by atoms with Crippen LogP contribution in [0.1, 0.15) is 58.8 Å². The number of aromatic nitrogens is 1. The van der Waals surface area contributed by atoms with E-state index in [9.17, 15) is 14.4 Å². The van der Waals surface area contributed by atoms with Crippen LogP contribution < -0.4 is 10.6 Å². The fourth-order valence-electron chi connectivity index (χ4n) is 3.17. The molecule has 1 aliphatic rings. The fraction of sp³-hybridized carbons (Fsp3) is 0.667. The van der Waals surface area contributed by atoms with Gasteiger partial charge in [-0.25, -0.2) is 4.98 Å². The van der Waals surface area contributed by atoms with Gasteiger partial charge in [0.25, 0.3) is 0 Å². The maximum atomic E-state index is 12.7. The lowest BCUT2D eigenvalue weighted by molar-refractivity contribution is -0.140. The van der Waals surface area contributed by atoms with E-state index < -0.39 is 0 Å². The maximum absolute atomic E-state index is 12.7. The summed E-state index contributed by atoms with van der Waals surface area (Å²) in [6, 6.07) is 0.131. The van der Waals surface area contributed by atoms with Crippen LogP contribution in [0.4, 0.5) is 5.13 Å². The second kappa shape index (κ2) is 10.3. The Bertz CT molecular complexity index is 598. The third kappa shape index (κ3) is 6.74. The molecule has 144 valence electrons. The molecule has 2 N–H and O–H groups in total. The van der Waals surface area contributed by atoms with Crippen LogP contribution >= 0.6 is 11.3 Å². The molecule has 1 aliphatic carbocycles. The molecule has 2 rings (SSSR count). The highest BCUT2D eigenvalue weighted by atomic mass is 32.1. The van der Waals surface area contributed by atoms with E-state index in [2.05, 4.69) is 15.6 Å². The summed E-state index contributed by atoms with van der Waals surface area (Å²) in [6.45, 7) is 3.86. The molecule has 0 spiro atoms. The minimum absolute atomic E-state index is 0.0369. The third-order valence-corrected chi connectivity index (χ3v) is 5.03. The molecule has 1 aromatic heterocycles. The van der Waals surface area contributed by atoms with Crippen molar-refractivity contribution < 1.29 is 14.4 Å². The molecule has 1 aromatic rings. The summed E-state index contributed by atoms with van der Waals surface area (Å²) < 4.78 is 0. The van der Waals surface area contributed by atoms with E-state index in [1.807, 2.05) is 13.8 Å². The number of nitrogens with zero attached hydrogens (tertiary/aromatic N) is 2. The van der Waals surface area contributed by atoms with Crippen molar-refractivity contribution in [2.45, 2.75) is 70.9 Å². The molecule has 1 saturated carbocycles. The van der Waals surface area contributed by atoms with Crippen molar-refractivity contribution in [1.82, 2.24) is 15.2 Å². The topological polar surface area (TPSA) is 91.4 Å². The van der Waals surface area contributed by atoms with E-state index in [0.29, 0.717) is 5.13 Å². The molecule has 0 aromatic carbocycles. The molecule has 0 saturated heterocycles. The summed E-state index contributed by atoms with van der Waals surface area (Å²) in [5, 5.41) is 7.83. The van der Waals surface area contributed by atoms with Crippen molar-refractivity contribution in [3.05, 3.63) is 11.6 Å². The standard InChI is InChI=1S/C18H28N4O3S/c1-13(2)20-16(24)12-22(14-6-4-3-5-7-14)17(25)9-8-15(23)21-18-19-10-11-26-18/h10-11,13-14H,3-9,12H2,1-2H3,(H,20,24)(H,19,21,23). The van der Waals surface area contributed by atoms with Gasteiger partial charge in [-0.05, 0) is 26.7 Å². The van der Waals surface area contributed by atoms with E-state index in [1.54, 1.807) is 16.5 Å². The number of carbonyl (C=O) groups is 3. The van der Waals surface area contributed by atoms with Gasteiger partial charge in [0, 0.05) is 36.5 Å². The molecule has 1 heterocycles. The molecule has 0 radical (unpaired) electrons. The minimum Gasteiger partial charge on any atom is -0.352 e. The van der Waals surface area contributed by atoms with Crippen LogP contribution in [0.3, 0.4) is 0 Å². The van der Waals surface area contributed by atoms with Crippen LogP contribution in [0.15, 0.2) is 11.6 Å². The number of hydrogen-bond acceptors (Lipinski definition) is 5. The number of thiazole rings is 1. The third-order valence-electron chi connectivity index (χ3n) is 4.34. The lowest BCUT2D eigenvalue weighted by Gasteiger charge is -2.34. The Morgan fingerprint density at radius 3 is 2.54 bits per heavy atom. The van der Waals surface area contributed by atoms with Gasteiger partial charge < -0.3 is 15.5 Å². The van der Waals surface area contributed by atoms with Gasteiger partial charge in [0.1, 0.15) is 0 Å². The van der Waals surface area contributed by atoms with Crippen molar-refractivity contribution in [3.63, 3.8) is 0 Å². The average molecular weight is 381 g/mol. The molecular formula is C18H28N4O3S. The van der Waals surface area contributed by atoms with E-state index in [-0.39, 0.29) is 49.2 Å². The Balaban J connectivity index is 1.90. The predicted molar refractivity (Wildman–Crippen MR) is 102 cm³/mol. The average Bonchev–Trinajstić information content (AvgIpc) is 3.10. The van der Waals surface area contributed by atoms with Crippen LogP contribution in [0.5, 0.6) is 0 Å². The molecule has 3 amide bonds. The van der Waals surface area contributed by atoms with Crippen LogP contribution in [0.2, 0.25) is 0 Å². The van der Waals surface area contributed by atoms with Crippen molar-refractivity contribution in [3.8, 4) is 0 Å². The second-order valence-electron chi connectivity index (χ2n) is 6.92. The molecule has 7 nitrogen and oxygen atoms in total. The normalized spacial score (nSPS) is 14.9. The lowest BCUT2D eigenvalue weighted by Crippen LogP contribution is -2.48. The van der Waals surface area contributed by atoms with E-state index in [0.717, 1.165) is 25.7 Å². The summed E-state index contributed by atoms with van der Waals surface area (Å²) in [7, 11) is 0. The van der Waals surface area contributed by atoms with Gasteiger partial charge in [0.2, 0.25) is 17.7 Å². The molecular weight excluding hydrogens is 352 g/mol. The van der Waals surface area contributed by atoms with Crippen LogP contribution in [-0.2, 0) is 14.4 Å². The summed E-state index contributed by atoms with van der Waals surface area (Å²) in [4.78, 5) is 42.6. The summed E-state index contributed by atoms with van der Waals surface area (Å²) in [5.74, 6) is -0.514. The van der Waals surface area contributed by atoms with Gasteiger partial charge in [-0.1, -0.05) is 19.3 Å². The first-order valence-electron chi connectivity index (χ1n) is 9.24. The van der Waals surface area contributed by atoms with Gasteiger partial charge in [-0.2, -0.15) is 0 Å². The molecule has 8 heteroatoms. The minimum atomic E-state index is -0.233. The first kappa shape index (κ1) is 20.4. The lowest BCUT2D eigenvalue weighted by atomic mass is 9.94. The zero-order valence-electron chi connectivity index (χ0n) is 15.5. The Morgan fingerprint density at radius 1 is 1.19 bits per heavy atom. The van der Waals surface area contributed by atoms with Crippen LogP contribution in [0.25, 0.3) is 0 Å². The zero-order valence-corrected chi connectivity index (χ0v) is 16.3. The SMILES string of the molecule is CC(C)NC(=O)CN(C(=O)CCC(=O)Nc1nccs1)C1CCCCC1. The first-order chi connectivity index (χ1) is 12.5. The van der Waals surface area contributed by atoms with Crippen molar-refractivity contribution in [2.75, 3.05) is 11.9 Å². The number of anilines is 1. The highest BCUT2D eigenvalue weighted by Gasteiger charge is 2.27. The summed E-state index contributed by atoms with van der Waals surface area (Å²) in [5.41, 5.74) is 0. The molecule has 0 bridgehead atoms. The Hall–Kier alpha value is -1.96. The van der Waals surface area contributed by atoms with E-state index >= 15 is 0 Å². The molecule has 0 atom stereocenters. The van der Waals surface area contributed by atoms with E-state index in [1.165, 1.54) is 17.8 Å². The van der Waals surface area contributed by atoms with Gasteiger partial charge in [-0.3, -0.25) is 14.4 Å². The zero-order chi connectivity index (χ0) is 18.9. The van der Waals surface area contributed by atoms with Crippen LogP contribution in [0, 0.1) is 0 Å². The Kier molecular flexibility index (Phi) is 8.03. The van der Waals surface area contributed by atoms with Gasteiger partial charge >= 0.3 is 0 Å². The number of rotatable bonds is 8. The molecule has 0 aliphatic heterocycles. The largest absolute Gasteiger partial charge is 0.352 e. The van der Waals surface area contributed by atoms with Crippen molar-refractivity contribution in [1.29, 1.82) is 0 Å². The maximum Gasteiger partial charge on any atom is 0.239 e. The highest BCUT2D eigenvalue weighted by molar-refractivity contribution is 7.13. The van der Waals surface area contributed by atoms with Crippen molar-refractivity contribution in [2.24, 2.45) is 0 Å². The highest BCUT2D eigenvalue weighted by Crippen LogP contribution is 2.23. The van der Waals surface area contributed by atoms with Gasteiger partial charge in [0.15, 0.2) is 5.13 Å². The summed E-state index contributed by atoms with van der Waals surface area (Å²) in [6.07, 6.45) is 6.97. The molecule has 0 unspecified atom stereocenters. The number of hydrogen-bond donors (Lipinski definition) is 2. The van der Waals surface area contributed by atoms with Gasteiger partial charge in [0.05, 0.1) is 6.54 Å². The Morgan fingerprint density at radius 2 is 1.92 bits per heavy atom. The smallest absolute Gasteiger partial charge is 0.239 e. The second-order valence-corrected chi connectivity index (χ2v) is 7.82. The predicted octanol–water partition coefficient (Wildman–Crippen LogP) is 2.55. The number of carbonyl (C=O) groups excluding carboxylic acids is 3. The van der Waals surface area contributed by atoms with Gasteiger partial charge in [-0.15, -0.1) is 11.3 Å². The summed E-state index contributed by atoms with van der Waals surface area (Å²) >= 11 is 1.34. The first-order valence-corrected chi connectivity index (χ1v) is 10.1. The molecule has 26 heavy (non-hydrogen) atoms. The quantitative estimate of drug-likeness (QED) is 0.725. The fourth-order valence-corrected chi connectivity index (χ4v) is 3.71. The number of nitrogens with one attached hydrogen (secondary N) is 2. The van der Waals surface area contributed by atoms with Crippen molar-refractivity contribution >= 4 is 34.2 Å². The van der Waals surface area contributed by atoms with E-state index in [4.69, 9.17) is 0 Å². The monoisotopic (exact) mass is 380 g/mol. The van der Waals surface area contributed by atoms with Crippen LogP contribution in [-0.4, -0.2) is 46.2 Å². The number of amides is 3. The Labute approximate surface area is 158 Å². The molecule has 1 fully saturated rings.